The predicted octanol–water partition coefficient (Wildman–Crippen LogP) is 6.36. The number of nitrogens with zero attached hydrogens (tertiary/aromatic N) is 2. The van der Waals surface area contributed by atoms with Crippen molar-refractivity contribution in [3.05, 3.63) is 90.7 Å². The van der Waals surface area contributed by atoms with Crippen molar-refractivity contribution in [2.24, 2.45) is 5.10 Å². The Morgan fingerprint density at radius 2 is 2.06 bits per heavy atom. The van der Waals surface area contributed by atoms with Crippen LogP contribution in [0.25, 0.3) is 10.1 Å². The monoisotopic (exact) mass is 503 g/mol. The molecule has 2 aromatic carbocycles. The number of hydrogen-bond donors (Lipinski definition) is 1. The SMILES string of the molecule is Cc1cc(OCc2ccc(/C=N\NC(=O)c3sc4cc([N+](=O)[O-])ccc4c3Cl)o2)ccc1Cl. The van der Waals surface area contributed by atoms with Gasteiger partial charge >= 0.3 is 0 Å². The number of halogens is 2. The lowest BCUT2D eigenvalue weighted by Crippen LogP contribution is -2.16. The molecule has 0 aliphatic rings. The van der Waals surface area contributed by atoms with E-state index in [-0.39, 0.29) is 22.2 Å². The quantitative estimate of drug-likeness (QED) is 0.179. The summed E-state index contributed by atoms with van der Waals surface area (Å²) in [5, 5.41) is 16.3. The zero-order valence-electron chi connectivity index (χ0n) is 17.0. The van der Waals surface area contributed by atoms with E-state index in [1.807, 2.05) is 13.0 Å². The molecule has 2 heterocycles. The van der Waals surface area contributed by atoms with E-state index in [2.05, 4.69) is 10.5 Å². The normalized spacial score (nSPS) is 11.2. The molecule has 4 rings (SSSR count). The lowest BCUT2D eigenvalue weighted by molar-refractivity contribution is -0.384. The van der Waals surface area contributed by atoms with Crippen LogP contribution in [0.5, 0.6) is 5.75 Å². The van der Waals surface area contributed by atoms with E-state index in [0.717, 1.165) is 16.9 Å². The number of furan rings is 1. The lowest BCUT2D eigenvalue weighted by Gasteiger charge is -2.05. The molecule has 0 radical (unpaired) electrons. The molecule has 0 aliphatic heterocycles. The van der Waals surface area contributed by atoms with Gasteiger partial charge in [-0.25, -0.2) is 5.43 Å². The summed E-state index contributed by atoms with van der Waals surface area (Å²) in [4.78, 5) is 23.1. The third-order valence-electron chi connectivity index (χ3n) is 4.58. The van der Waals surface area contributed by atoms with Gasteiger partial charge in [0, 0.05) is 27.2 Å². The molecule has 0 fully saturated rings. The average Bonchev–Trinajstić information content (AvgIpc) is 3.38. The first kappa shape index (κ1) is 22.8. The molecule has 0 saturated carbocycles. The maximum Gasteiger partial charge on any atom is 0.283 e. The minimum atomic E-state index is -0.534. The molecule has 1 amide bonds. The summed E-state index contributed by atoms with van der Waals surface area (Å²) in [6.07, 6.45) is 1.35. The van der Waals surface area contributed by atoms with Gasteiger partial charge in [0.1, 0.15) is 28.8 Å². The summed E-state index contributed by atoms with van der Waals surface area (Å²) in [6.45, 7) is 2.10. The Morgan fingerprint density at radius 1 is 1.24 bits per heavy atom. The van der Waals surface area contributed by atoms with Crippen molar-refractivity contribution in [2.45, 2.75) is 13.5 Å². The fourth-order valence-electron chi connectivity index (χ4n) is 2.92. The van der Waals surface area contributed by atoms with Crippen molar-refractivity contribution in [2.75, 3.05) is 0 Å². The van der Waals surface area contributed by atoms with E-state index in [0.29, 0.717) is 32.4 Å². The average molecular weight is 504 g/mol. The molecule has 4 aromatic rings. The number of nitrogens with one attached hydrogen (secondary N) is 1. The molecule has 0 bridgehead atoms. The Hall–Kier alpha value is -3.40. The number of nitro benzene ring substituents is 1. The fourth-order valence-corrected chi connectivity index (χ4v) is 4.48. The van der Waals surface area contributed by atoms with E-state index >= 15 is 0 Å². The standard InChI is InChI=1S/C22H15Cl2N3O5S/c1-12-8-14(5-7-18(12)23)31-11-16-4-3-15(32-16)10-25-26-22(28)21-20(24)17-6-2-13(27(29)30)9-19(17)33-21/h2-10H,11H2,1H3,(H,26,28)/b25-10-. The number of non-ortho nitro benzene ring substituents is 1. The van der Waals surface area contributed by atoms with Crippen LogP contribution in [-0.4, -0.2) is 17.0 Å². The van der Waals surface area contributed by atoms with Gasteiger partial charge in [-0.15, -0.1) is 11.3 Å². The third-order valence-corrected chi connectivity index (χ3v) is 6.66. The molecule has 168 valence electrons. The summed E-state index contributed by atoms with van der Waals surface area (Å²) >= 11 is 13.3. The van der Waals surface area contributed by atoms with Gasteiger partial charge in [-0.1, -0.05) is 23.2 Å². The number of amides is 1. The first-order chi connectivity index (χ1) is 15.8. The van der Waals surface area contributed by atoms with E-state index < -0.39 is 10.8 Å². The number of carbonyl (C=O) groups excluding carboxylic acids is 1. The van der Waals surface area contributed by atoms with E-state index in [1.54, 1.807) is 24.3 Å². The highest BCUT2D eigenvalue weighted by Crippen LogP contribution is 2.37. The van der Waals surface area contributed by atoms with Crippen LogP contribution in [0.2, 0.25) is 10.0 Å². The molecule has 2 aromatic heterocycles. The number of benzene rings is 2. The lowest BCUT2D eigenvalue weighted by atomic mass is 10.2. The molecule has 0 unspecified atom stereocenters. The second-order valence-corrected chi connectivity index (χ2v) is 8.72. The number of hydrazone groups is 1. The van der Waals surface area contributed by atoms with Gasteiger partial charge in [0.2, 0.25) is 0 Å². The van der Waals surface area contributed by atoms with Gasteiger partial charge < -0.3 is 9.15 Å². The second kappa shape index (κ2) is 9.62. The van der Waals surface area contributed by atoms with Crippen LogP contribution in [0.3, 0.4) is 0 Å². The summed E-state index contributed by atoms with van der Waals surface area (Å²) in [5.41, 5.74) is 3.22. The molecule has 1 N–H and O–H groups in total. The number of carbonyl (C=O) groups is 1. The van der Waals surface area contributed by atoms with E-state index in [9.17, 15) is 14.9 Å². The van der Waals surface area contributed by atoms with E-state index in [1.165, 1.54) is 24.4 Å². The molecular weight excluding hydrogens is 489 g/mol. The number of nitro groups is 1. The van der Waals surface area contributed by atoms with Crippen molar-refractivity contribution >= 4 is 62.4 Å². The van der Waals surface area contributed by atoms with Gasteiger partial charge in [-0.05, 0) is 48.9 Å². The zero-order chi connectivity index (χ0) is 23.5. The maximum absolute atomic E-state index is 12.5. The van der Waals surface area contributed by atoms with Crippen molar-refractivity contribution in [1.82, 2.24) is 5.43 Å². The highest BCUT2D eigenvalue weighted by molar-refractivity contribution is 7.21. The number of ether oxygens (including phenoxy) is 1. The van der Waals surface area contributed by atoms with Crippen molar-refractivity contribution < 1.29 is 18.9 Å². The summed E-state index contributed by atoms with van der Waals surface area (Å²) in [6, 6.07) is 13.0. The van der Waals surface area contributed by atoms with Gasteiger partial charge in [0.25, 0.3) is 11.6 Å². The molecule has 33 heavy (non-hydrogen) atoms. The Balaban J connectivity index is 1.38. The number of aryl methyl sites for hydroxylation is 1. The van der Waals surface area contributed by atoms with Gasteiger partial charge in [0.15, 0.2) is 0 Å². The minimum Gasteiger partial charge on any atom is -0.486 e. The van der Waals surface area contributed by atoms with Crippen LogP contribution in [0.4, 0.5) is 5.69 Å². The third kappa shape index (κ3) is 5.16. The summed E-state index contributed by atoms with van der Waals surface area (Å²) in [7, 11) is 0. The first-order valence-corrected chi connectivity index (χ1v) is 11.1. The zero-order valence-corrected chi connectivity index (χ0v) is 19.3. The maximum atomic E-state index is 12.5. The van der Waals surface area contributed by atoms with Crippen molar-refractivity contribution in [1.29, 1.82) is 0 Å². The molecule has 0 atom stereocenters. The van der Waals surface area contributed by atoms with Crippen LogP contribution in [-0.2, 0) is 6.61 Å². The minimum absolute atomic E-state index is 0.0748. The van der Waals surface area contributed by atoms with E-state index in [4.69, 9.17) is 32.4 Å². The highest BCUT2D eigenvalue weighted by atomic mass is 35.5. The van der Waals surface area contributed by atoms with Crippen molar-refractivity contribution in [3.63, 3.8) is 0 Å². The number of thiophene rings is 1. The molecule has 0 saturated heterocycles. The predicted molar refractivity (Wildman–Crippen MR) is 128 cm³/mol. The summed E-state index contributed by atoms with van der Waals surface area (Å²) in [5.74, 6) is 1.12. The molecule has 0 aliphatic carbocycles. The topological polar surface area (TPSA) is 107 Å². The Morgan fingerprint density at radius 3 is 2.82 bits per heavy atom. The van der Waals surface area contributed by atoms with Gasteiger partial charge in [0.05, 0.1) is 16.2 Å². The Kier molecular flexibility index (Phi) is 6.64. The van der Waals surface area contributed by atoms with Crippen LogP contribution in [0, 0.1) is 17.0 Å². The van der Waals surface area contributed by atoms with Crippen LogP contribution >= 0.6 is 34.5 Å². The van der Waals surface area contributed by atoms with Gasteiger partial charge in [-0.3, -0.25) is 14.9 Å². The summed E-state index contributed by atoms with van der Waals surface area (Å²) < 4.78 is 11.8. The Labute approximate surface area is 201 Å². The number of rotatable bonds is 7. The van der Waals surface area contributed by atoms with Crippen LogP contribution < -0.4 is 10.2 Å². The number of fused-ring (bicyclic) bond motifs is 1. The fraction of sp³-hybridized carbons (Fsp3) is 0.0909. The highest BCUT2D eigenvalue weighted by Gasteiger charge is 2.19. The Bertz CT molecular complexity index is 1400. The first-order valence-electron chi connectivity index (χ1n) is 9.49. The van der Waals surface area contributed by atoms with Crippen LogP contribution in [0.15, 0.2) is 58.0 Å². The largest absolute Gasteiger partial charge is 0.486 e. The molecule has 11 heteroatoms. The molecule has 8 nitrogen and oxygen atoms in total. The molecular formula is C22H15Cl2N3O5S. The van der Waals surface area contributed by atoms with Gasteiger partial charge in [-0.2, -0.15) is 5.10 Å². The van der Waals surface area contributed by atoms with Crippen molar-refractivity contribution in [3.8, 4) is 5.75 Å². The number of hydrogen-bond acceptors (Lipinski definition) is 7. The molecule has 0 spiro atoms. The smallest absolute Gasteiger partial charge is 0.283 e. The van der Waals surface area contributed by atoms with Crippen LogP contribution in [0.1, 0.15) is 26.8 Å². The second-order valence-electron chi connectivity index (χ2n) is 6.89.